The quantitative estimate of drug-likeness (QED) is 0.0190. The van der Waals surface area contributed by atoms with E-state index < -0.39 is 6.04 Å². The molecule has 0 aliphatic carbocycles. The van der Waals surface area contributed by atoms with E-state index in [1.807, 2.05) is 24.4 Å². The molecule has 0 saturated carbocycles. The highest BCUT2D eigenvalue weighted by atomic mass is 32.2. The SMILES string of the molecule is C=CCCCC(NC=C)C(=C)NCCSCC(=C)N[C@H](C)C(=C)N(C)C(Cc1cccnc1)C(=C)NC(CC(=C)N)C(=C)NC(CC(C)C)C(=C)NC(CCCC(=C)N)C(=C)N(C)C(CCC=C)C(=C)NC(Cc1cn(C)c2ccccc12)C(=C)N. The van der Waals surface area contributed by atoms with E-state index in [-0.39, 0.29) is 42.3 Å². The third-order valence-corrected chi connectivity index (χ3v) is 16.6. The number of unbranched alkanes of at least 4 members (excludes halogenated alkanes) is 1. The number of benzene rings is 1. The number of fused-ring (bicyclic) bond motifs is 1. The molecule has 0 amide bonds. The fraction of sp³-hybridized carbons (Fsp3) is 0.423. The summed E-state index contributed by atoms with van der Waals surface area (Å²) >= 11 is 1.80. The van der Waals surface area contributed by atoms with Gasteiger partial charge in [-0.05, 0) is 107 Å². The molecule has 15 heteroatoms. The van der Waals surface area contributed by atoms with Gasteiger partial charge in [0, 0.05) is 144 Å². The van der Waals surface area contributed by atoms with Gasteiger partial charge in [-0.3, -0.25) is 4.98 Å². The highest BCUT2D eigenvalue weighted by Gasteiger charge is 2.30. The number of likely N-dealkylation sites (N-methyl/N-ethyl adjacent to an activating group) is 2. The van der Waals surface area contributed by atoms with E-state index in [1.54, 1.807) is 24.2 Å². The van der Waals surface area contributed by atoms with Gasteiger partial charge in [0.05, 0.1) is 48.3 Å². The fourth-order valence-corrected chi connectivity index (χ4v) is 11.3. The summed E-state index contributed by atoms with van der Waals surface area (Å²) in [6.45, 7) is 68.1. The molecule has 2 aromatic heterocycles. The van der Waals surface area contributed by atoms with E-state index in [1.165, 1.54) is 10.9 Å². The minimum absolute atomic E-state index is 0.121. The summed E-state index contributed by atoms with van der Waals surface area (Å²) in [5, 5.41) is 26.7. The lowest BCUT2D eigenvalue weighted by Crippen LogP contribution is -2.49. The van der Waals surface area contributed by atoms with Crippen molar-refractivity contribution >= 4 is 22.7 Å². The first-order valence-electron chi connectivity index (χ1n) is 30.2. The van der Waals surface area contributed by atoms with Gasteiger partial charge in [0.1, 0.15) is 0 Å². The van der Waals surface area contributed by atoms with Crippen LogP contribution in [0.5, 0.6) is 0 Å². The maximum atomic E-state index is 6.55. The molecule has 1 aromatic carbocycles. The Bertz CT molecular complexity index is 2800. The van der Waals surface area contributed by atoms with Crippen LogP contribution in [-0.4, -0.2) is 99.8 Å². The Labute approximate surface area is 524 Å². The molecular weight excluding hydrogens is 1080 g/mol. The van der Waals surface area contributed by atoms with Crippen molar-refractivity contribution < 1.29 is 0 Å². The molecule has 0 saturated heterocycles. The van der Waals surface area contributed by atoms with Gasteiger partial charge in [0.2, 0.25) is 0 Å². The molecule has 0 spiro atoms. The van der Waals surface area contributed by atoms with Crippen molar-refractivity contribution in [2.45, 2.75) is 146 Å². The van der Waals surface area contributed by atoms with E-state index >= 15 is 0 Å². The number of nitrogens with one attached hydrogen (secondary N) is 7. The van der Waals surface area contributed by atoms with Crippen molar-refractivity contribution in [2.75, 3.05) is 32.1 Å². The van der Waals surface area contributed by atoms with Gasteiger partial charge >= 0.3 is 0 Å². The van der Waals surface area contributed by atoms with Crippen molar-refractivity contribution in [3.63, 3.8) is 0 Å². The van der Waals surface area contributed by atoms with Crippen LogP contribution in [0.25, 0.3) is 10.9 Å². The first kappa shape index (κ1) is 72.5. The van der Waals surface area contributed by atoms with Gasteiger partial charge in [-0.25, -0.2) is 0 Å². The van der Waals surface area contributed by atoms with Crippen LogP contribution in [0.3, 0.4) is 0 Å². The van der Waals surface area contributed by atoms with Gasteiger partial charge in [-0.2, -0.15) is 11.8 Å². The Balaban J connectivity index is 1.83. The molecule has 86 heavy (non-hydrogen) atoms. The first-order valence-corrected chi connectivity index (χ1v) is 31.4. The number of aryl methyl sites for hydroxylation is 1. The Morgan fingerprint density at radius 2 is 1.29 bits per heavy atom. The zero-order valence-electron chi connectivity index (χ0n) is 53.6. The topological polar surface area (TPSA) is 187 Å². The third-order valence-electron chi connectivity index (χ3n) is 15.6. The summed E-state index contributed by atoms with van der Waals surface area (Å²) in [6.07, 6.45) is 20.4. The molecule has 0 bridgehead atoms. The number of para-hydroxylation sites is 1. The monoisotopic (exact) mass is 1190 g/mol. The Hall–Kier alpha value is -7.78. The van der Waals surface area contributed by atoms with Crippen LogP contribution in [0, 0.1) is 5.92 Å². The number of hydrogen-bond acceptors (Lipinski definition) is 14. The molecule has 0 radical (unpaired) electrons. The summed E-state index contributed by atoms with van der Waals surface area (Å²) in [5.41, 5.74) is 30.9. The molecule has 0 aliphatic rings. The average molecular weight is 1190 g/mol. The molecule has 8 atom stereocenters. The van der Waals surface area contributed by atoms with Crippen LogP contribution in [0.2, 0.25) is 0 Å². The minimum atomic E-state index is -0.397. The summed E-state index contributed by atoms with van der Waals surface area (Å²) in [4.78, 5) is 8.84. The lowest BCUT2D eigenvalue weighted by atomic mass is 9.97. The Kier molecular flexibility index (Phi) is 31.7. The smallest absolute Gasteiger partial charge is 0.0717 e. The maximum Gasteiger partial charge on any atom is 0.0717 e. The largest absolute Gasteiger partial charge is 0.403 e. The predicted molar refractivity (Wildman–Crippen MR) is 375 cm³/mol. The molecule has 3 rings (SSSR count). The van der Waals surface area contributed by atoms with Gasteiger partial charge in [0.15, 0.2) is 0 Å². The van der Waals surface area contributed by atoms with Crippen LogP contribution in [0.4, 0.5) is 0 Å². The van der Waals surface area contributed by atoms with Crippen molar-refractivity contribution in [3.05, 3.63) is 239 Å². The van der Waals surface area contributed by atoms with Gasteiger partial charge in [-0.1, -0.05) is 129 Å². The molecule has 3 aromatic rings. The van der Waals surface area contributed by atoms with Crippen LogP contribution < -0.4 is 54.4 Å². The molecule has 0 aliphatic heterocycles. The Morgan fingerprint density at radius 1 is 0.663 bits per heavy atom. The van der Waals surface area contributed by atoms with Gasteiger partial charge in [-0.15, -0.1) is 13.2 Å². The summed E-state index contributed by atoms with van der Waals surface area (Å²) in [6, 6.07) is 10.8. The normalized spacial score (nSPS) is 13.8. The number of allylic oxidation sites excluding steroid dienone is 3. The Morgan fingerprint density at radius 3 is 1.92 bits per heavy atom. The minimum Gasteiger partial charge on any atom is -0.403 e. The number of hydrogen-bond donors (Lipinski definition) is 10. The molecule has 13 N–H and O–H groups in total. The van der Waals surface area contributed by atoms with E-state index in [2.05, 4.69) is 214 Å². The summed E-state index contributed by atoms with van der Waals surface area (Å²) < 4.78 is 2.15. The lowest BCUT2D eigenvalue weighted by Gasteiger charge is -2.39. The van der Waals surface area contributed by atoms with Crippen molar-refractivity contribution in [1.29, 1.82) is 0 Å². The standard InChI is InChI=1S/C71H110N14S/c1-21-24-26-34-64(76-23-3)54(11)77-39-40-86-47-51(8)78-53(10)59(16)84(19)71(43-61-32-30-38-75-45-61)58(15)82-68(42-50(7)73)56(13)80-67(41-48(4)5)55(12)79-65(35-29-31-49(6)72)60(17)85(20)69(36-25-22-2)57(14)81-66(52(9)74)44-62-46-83(18)70-37-28-27-33-63(62)70/h21-23,27-28,30,32-33,37-38,45-46,48,53,64-69,71,76-82H,1-3,6-9,11-17,24-26,29,31,34-36,39-44,47,72-74H2,4-5,10,18-20H3/t53-,64?,65?,66?,67?,68?,69?,71?/m1/s1. The molecule has 0 fully saturated rings. The number of aromatic nitrogens is 2. The zero-order valence-corrected chi connectivity index (χ0v) is 54.4. The van der Waals surface area contributed by atoms with E-state index in [0.717, 1.165) is 114 Å². The molecule has 14 nitrogen and oxygen atoms in total. The van der Waals surface area contributed by atoms with Crippen LogP contribution in [0.15, 0.2) is 228 Å². The molecule has 7 unspecified atom stereocenters. The molecule has 470 valence electrons. The number of nitrogens with zero attached hydrogens (tertiary/aromatic N) is 4. The van der Waals surface area contributed by atoms with E-state index in [9.17, 15) is 0 Å². The predicted octanol–water partition coefficient (Wildman–Crippen LogP) is 11.7. The molecule has 2 heterocycles. The summed E-state index contributed by atoms with van der Waals surface area (Å²) in [7, 11) is 6.19. The lowest BCUT2D eigenvalue weighted by molar-refractivity contribution is 0.279. The van der Waals surface area contributed by atoms with Gasteiger partial charge in [0.25, 0.3) is 0 Å². The highest BCUT2D eigenvalue weighted by Crippen LogP contribution is 2.28. The zero-order chi connectivity index (χ0) is 64.0. The van der Waals surface area contributed by atoms with Crippen molar-refractivity contribution in [1.82, 2.24) is 56.6 Å². The second-order valence-electron chi connectivity index (χ2n) is 23.3. The second-order valence-corrected chi connectivity index (χ2v) is 24.4. The number of rotatable bonds is 49. The van der Waals surface area contributed by atoms with E-state index in [0.29, 0.717) is 60.8 Å². The number of nitrogens with two attached hydrogens (primary N) is 3. The van der Waals surface area contributed by atoms with Gasteiger partial charge < -0.3 is 68.8 Å². The molecular formula is C71H110N14S. The summed E-state index contributed by atoms with van der Waals surface area (Å²) in [5.74, 6) is 1.91. The fourth-order valence-electron chi connectivity index (χ4n) is 10.6. The van der Waals surface area contributed by atoms with Crippen LogP contribution in [-0.2, 0) is 19.9 Å². The first-order chi connectivity index (χ1) is 40.8. The highest BCUT2D eigenvalue weighted by molar-refractivity contribution is 7.99. The number of thioether (sulfide) groups is 1. The second kappa shape index (κ2) is 37.6. The third kappa shape index (κ3) is 24.3. The van der Waals surface area contributed by atoms with Crippen molar-refractivity contribution in [3.8, 4) is 0 Å². The van der Waals surface area contributed by atoms with Crippen LogP contribution >= 0.6 is 11.8 Å². The van der Waals surface area contributed by atoms with Crippen molar-refractivity contribution in [2.24, 2.45) is 30.2 Å². The maximum absolute atomic E-state index is 6.55. The number of pyridine rings is 1. The van der Waals surface area contributed by atoms with E-state index in [4.69, 9.17) is 30.4 Å². The van der Waals surface area contributed by atoms with Crippen LogP contribution in [0.1, 0.15) is 96.1 Å². The average Bonchev–Trinajstić information content (AvgIpc) is 3.94.